The number of aromatic nitrogens is 1. The van der Waals surface area contributed by atoms with Gasteiger partial charge in [-0.05, 0) is 31.2 Å². The van der Waals surface area contributed by atoms with Gasteiger partial charge in [-0.25, -0.2) is 4.79 Å². The molecule has 0 aliphatic carbocycles. The van der Waals surface area contributed by atoms with Gasteiger partial charge >= 0.3 is 5.97 Å². The first-order valence-corrected chi connectivity index (χ1v) is 7.20. The van der Waals surface area contributed by atoms with Crippen LogP contribution < -0.4 is 0 Å². The largest absolute Gasteiger partial charge is 0.478 e. The van der Waals surface area contributed by atoms with E-state index in [-0.39, 0.29) is 18.4 Å². The molecule has 0 unspecified atom stereocenters. The van der Waals surface area contributed by atoms with E-state index in [1.54, 1.807) is 16.8 Å². The summed E-state index contributed by atoms with van der Waals surface area (Å²) in [5.41, 5.74) is 1.02. The van der Waals surface area contributed by atoms with Crippen molar-refractivity contribution in [2.75, 3.05) is 13.1 Å². The van der Waals surface area contributed by atoms with Gasteiger partial charge in [0.25, 0.3) is 0 Å². The Labute approximate surface area is 119 Å². The second-order valence-electron chi connectivity index (χ2n) is 5.64. The van der Waals surface area contributed by atoms with Crippen molar-refractivity contribution in [3.63, 3.8) is 0 Å². The van der Waals surface area contributed by atoms with E-state index in [1.165, 1.54) is 6.42 Å². The Balaban J connectivity index is 2.16. The lowest BCUT2D eigenvalue weighted by Gasteiger charge is -2.27. The highest BCUT2D eigenvalue weighted by molar-refractivity contribution is 5.89. The van der Waals surface area contributed by atoms with Crippen LogP contribution in [-0.4, -0.2) is 39.5 Å². The third-order valence-electron chi connectivity index (χ3n) is 3.80. The van der Waals surface area contributed by atoms with E-state index in [2.05, 4.69) is 0 Å². The van der Waals surface area contributed by atoms with Gasteiger partial charge in [0.05, 0.1) is 5.56 Å². The van der Waals surface area contributed by atoms with Gasteiger partial charge in [-0.3, -0.25) is 4.79 Å². The number of aromatic carboxylic acids is 1. The van der Waals surface area contributed by atoms with Gasteiger partial charge in [0, 0.05) is 25.0 Å². The molecular formula is C15H22N2O3. The summed E-state index contributed by atoms with van der Waals surface area (Å²) >= 11 is 0. The van der Waals surface area contributed by atoms with Crippen LogP contribution in [0.25, 0.3) is 0 Å². The molecule has 1 aromatic rings. The SMILES string of the molecule is CC(C)c1c(C(=O)O)ccn1CC(=O)N1CCCCC1. The molecule has 1 saturated heterocycles. The topological polar surface area (TPSA) is 62.5 Å². The normalized spacial score (nSPS) is 15.7. The molecule has 0 saturated carbocycles. The van der Waals surface area contributed by atoms with Gasteiger partial charge in [0.1, 0.15) is 6.54 Å². The molecule has 2 heterocycles. The first kappa shape index (κ1) is 14.6. The minimum absolute atomic E-state index is 0.0743. The molecule has 1 aliphatic heterocycles. The molecule has 1 aromatic heterocycles. The summed E-state index contributed by atoms with van der Waals surface area (Å²) in [7, 11) is 0. The summed E-state index contributed by atoms with van der Waals surface area (Å²) in [4.78, 5) is 25.4. The van der Waals surface area contributed by atoms with Gasteiger partial charge in [0.2, 0.25) is 5.91 Å². The number of amides is 1. The number of piperidine rings is 1. The molecule has 110 valence electrons. The molecule has 1 aliphatic rings. The van der Waals surface area contributed by atoms with Crippen LogP contribution in [-0.2, 0) is 11.3 Å². The third kappa shape index (κ3) is 3.03. The molecule has 1 fully saturated rings. The number of nitrogens with zero attached hydrogens (tertiary/aromatic N) is 2. The lowest BCUT2D eigenvalue weighted by atomic mass is 10.1. The fraction of sp³-hybridized carbons (Fsp3) is 0.600. The van der Waals surface area contributed by atoms with Crippen LogP contribution >= 0.6 is 0 Å². The molecule has 1 N–H and O–H groups in total. The molecule has 0 spiro atoms. The second kappa shape index (κ2) is 6.11. The van der Waals surface area contributed by atoms with E-state index in [0.717, 1.165) is 31.6 Å². The molecule has 0 atom stereocenters. The van der Waals surface area contributed by atoms with Crippen molar-refractivity contribution in [1.82, 2.24) is 9.47 Å². The molecule has 5 heteroatoms. The van der Waals surface area contributed by atoms with Crippen LogP contribution in [0.4, 0.5) is 0 Å². The Kier molecular flexibility index (Phi) is 4.47. The minimum Gasteiger partial charge on any atom is -0.478 e. The number of rotatable bonds is 4. The van der Waals surface area contributed by atoms with Crippen molar-refractivity contribution in [2.45, 2.75) is 45.6 Å². The maximum absolute atomic E-state index is 12.3. The zero-order valence-electron chi connectivity index (χ0n) is 12.1. The zero-order chi connectivity index (χ0) is 14.7. The van der Waals surface area contributed by atoms with E-state index in [9.17, 15) is 14.7 Å². The predicted molar refractivity (Wildman–Crippen MR) is 75.9 cm³/mol. The fourth-order valence-corrected chi connectivity index (χ4v) is 2.84. The molecular weight excluding hydrogens is 256 g/mol. The summed E-state index contributed by atoms with van der Waals surface area (Å²) in [5.74, 6) is -0.776. The maximum Gasteiger partial charge on any atom is 0.337 e. The fourth-order valence-electron chi connectivity index (χ4n) is 2.84. The number of carbonyl (C=O) groups excluding carboxylic acids is 1. The standard InChI is InChI=1S/C15H22N2O3/c1-11(2)14-12(15(19)20)6-9-17(14)10-13(18)16-7-4-3-5-8-16/h6,9,11H,3-5,7-8,10H2,1-2H3,(H,19,20). The Bertz CT molecular complexity index is 499. The Morgan fingerprint density at radius 2 is 1.90 bits per heavy atom. The van der Waals surface area contributed by atoms with Crippen LogP contribution in [0.2, 0.25) is 0 Å². The van der Waals surface area contributed by atoms with E-state index >= 15 is 0 Å². The van der Waals surface area contributed by atoms with E-state index in [1.807, 2.05) is 18.7 Å². The summed E-state index contributed by atoms with van der Waals surface area (Å²) in [6, 6.07) is 1.58. The van der Waals surface area contributed by atoms with Gasteiger partial charge in [-0.2, -0.15) is 0 Å². The summed E-state index contributed by atoms with van der Waals surface area (Å²) in [5, 5.41) is 9.20. The lowest BCUT2D eigenvalue weighted by molar-refractivity contribution is -0.132. The van der Waals surface area contributed by atoms with Gasteiger partial charge < -0.3 is 14.6 Å². The highest BCUT2D eigenvalue weighted by Gasteiger charge is 2.21. The van der Waals surface area contributed by atoms with Crippen molar-refractivity contribution in [2.24, 2.45) is 0 Å². The average Bonchev–Trinajstić information content (AvgIpc) is 2.83. The highest BCUT2D eigenvalue weighted by Crippen LogP contribution is 2.21. The number of likely N-dealkylation sites (tertiary alicyclic amines) is 1. The Morgan fingerprint density at radius 1 is 1.25 bits per heavy atom. The summed E-state index contributed by atoms with van der Waals surface area (Å²) in [6.45, 7) is 5.78. The van der Waals surface area contributed by atoms with Gasteiger partial charge in [-0.1, -0.05) is 13.8 Å². The third-order valence-corrected chi connectivity index (χ3v) is 3.80. The first-order valence-electron chi connectivity index (χ1n) is 7.20. The number of hydrogen-bond donors (Lipinski definition) is 1. The summed E-state index contributed by atoms with van der Waals surface area (Å²) < 4.78 is 1.78. The zero-order valence-corrected chi connectivity index (χ0v) is 12.1. The van der Waals surface area contributed by atoms with Crippen LogP contribution in [0.5, 0.6) is 0 Å². The number of hydrogen-bond acceptors (Lipinski definition) is 2. The molecule has 5 nitrogen and oxygen atoms in total. The van der Waals surface area contributed by atoms with Gasteiger partial charge in [-0.15, -0.1) is 0 Å². The predicted octanol–water partition coefficient (Wildman–Crippen LogP) is 2.32. The van der Waals surface area contributed by atoms with Crippen LogP contribution in [0.1, 0.15) is 55.1 Å². The second-order valence-corrected chi connectivity index (χ2v) is 5.64. The van der Waals surface area contributed by atoms with Crippen LogP contribution in [0, 0.1) is 0 Å². The lowest BCUT2D eigenvalue weighted by Crippen LogP contribution is -2.38. The molecule has 2 rings (SSSR count). The van der Waals surface area contributed by atoms with Crippen LogP contribution in [0.3, 0.4) is 0 Å². The Morgan fingerprint density at radius 3 is 2.45 bits per heavy atom. The van der Waals surface area contributed by atoms with Crippen molar-refractivity contribution < 1.29 is 14.7 Å². The monoisotopic (exact) mass is 278 g/mol. The quantitative estimate of drug-likeness (QED) is 0.919. The summed E-state index contributed by atoms with van der Waals surface area (Å²) in [6.07, 6.45) is 5.03. The van der Waals surface area contributed by atoms with Gasteiger partial charge in [0.15, 0.2) is 0 Å². The molecule has 0 radical (unpaired) electrons. The number of carbonyl (C=O) groups is 2. The molecule has 0 bridgehead atoms. The van der Waals surface area contributed by atoms with Crippen LogP contribution in [0.15, 0.2) is 12.3 Å². The number of carboxylic acid groups (broad SMARTS) is 1. The van der Waals surface area contributed by atoms with Crippen molar-refractivity contribution in [3.05, 3.63) is 23.5 Å². The average molecular weight is 278 g/mol. The van der Waals surface area contributed by atoms with Crippen molar-refractivity contribution >= 4 is 11.9 Å². The maximum atomic E-state index is 12.3. The van der Waals surface area contributed by atoms with E-state index in [0.29, 0.717) is 5.56 Å². The van der Waals surface area contributed by atoms with E-state index < -0.39 is 5.97 Å². The van der Waals surface area contributed by atoms with Crippen molar-refractivity contribution in [3.8, 4) is 0 Å². The highest BCUT2D eigenvalue weighted by atomic mass is 16.4. The first-order chi connectivity index (χ1) is 9.50. The minimum atomic E-state index is -0.933. The Hall–Kier alpha value is -1.78. The molecule has 1 amide bonds. The van der Waals surface area contributed by atoms with Crippen molar-refractivity contribution in [1.29, 1.82) is 0 Å². The smallest absolute Gasteiger partial charge is 0.337 e. The number of carboxylic acids is 1. The molecule has 0 aromatic carbocycles. The molecule has 20 heavy (non-hydrogen) atoms. The van der Waals surface area contributed by atoms with E-state index in [4.69, 9.17) is 0 Å².